The highest BCUT2D eigenvalue weighted by atomic mass is 16.5. The van der Waals surface area contributed by atoms with E-state index in [1.807, 2.05) is 76.2 Å². The van der Waals surface area contributed by atoms with Crippen LogP contribution in [0.5, 0.6) is 0 Å². The molecule has 0 aliphatic carbocycles. The summed E-state index contributed by atoms with van der Waals surface area (Å²) in [6, 6.07) is 13.0. The summed E-state index contributed by atoms with van der Waals surface area (Å²) in [5.41, 5.74) is 5.11. The molecule has 0 bridgehead atoms. The quantitative estimate of drug-likeness (QED) is 0.0632. The van der Waals surface area contributed by atoms with Crippen molar-refractivity contribution in [3.05, 3.63) is 72.6 Å². The van der Waals surface area contributed by atoms with E-state index in [2.05, 4.69) is 31.2 Å². The largest absolute Gasteiger partial charge is 0.465 e. The maximum absolute atomic E-state index is 13.0. The average Bonchev–Trinajstić information content (AvgIpc) is 3.83. The van der Waals surface area contributed by atoms with E-state index in [-0.39, 0.29) is 37.9 Å². The number of carboxylic acid groups (broad SMARTS) is 2. The molecule has 4 atom stereocenters. The summed E-state index contributed by atoms with van der Waals surface area (Å²) in [4.78, 5) is 64.4. The van der Waals surface area contributed by atoms with Gasteiger partial charge in [0.15, 0.2) is 0 Å². The van der Waals surface area contributed by atoms with Crippen molar-refractivity contribution in [1.29, 1.82) is 0 Å². The van der Waals surface area contributed by atoms with E-state index >= 15 is 0 Å². The van der Waals surface area contributed by atoms with Gasteiger partial charge < -0.3 is 50.9 Å². The molecule has 4 rings (SSSR count). The number of methoxy groups -OCH3 is 2. The van der Waals surface area contributed by atoms with Gasteiger partial charge in [0, 0.05) is 63.8 Å². The minimum absolute atomic E-state index is 0.0382. The Labute approximate surface area is 313 Å². The summed E-state index contributed by atoms with van der Waals surface area (Å²) in [7, 11) is 2.97. The minimum atomic E-state index is -1.29. The second-order valence-corrected chi connectivity index (χ2v) is 13.5. The van der Waals surface area contributed by atoms with Gasteiger partial charge in [-0.25, -0.2) is 19.6 Å². The van der Waals surface area contributed by atoms with Crippen molar-refractivity contribution in [3.63, 3.8) is 0 Å². The number of nitrogens with zero attached hydrogens (tertiary/aromatic N) is 2. The number of H-pyrrole nitrogens is 2. The summed E-state index contributed by atoms with van der Waals surface area (Å²) in [5.74, 6) is 0.111. The lowest BCUT2D eigenvalue weighted by molar-refractivity contribution is -0.125. The number of benzene rings is 2. The molecule has 2 aromatic heterocycles. The van der Waals surface area contributed by atoms with E-state index in [9.17, 15) is 29.4 Å². The zero-order chi connectivity index (χ0) is 39.4. The van der Waals surface area contributed by atoms with Crippen LogP contribution in [0.2, 0.25) is 0 Å². The first-order valence-corrected chi connectivity index (χ1v) is 17.7. The van der Waals surface area contributed by atoms with Crippen LogP contribution in [0.1, 0.15) is 64.3 Å². The Morgan fingerprint density at radius 3 is 1.22 bits per heavy atom. The van der Waals surface area contributed by atoms with Crippen molar-refractivity contribution in [1.82, 2.24) is 41.2 Å². The number of aromatic amines is 2. The predicted octanol–water partition coefficient (Wildman–Crippen LogP) is 5.11. The Balaban J connectivity index is 1.44. The van der Waals surface area contributed by atoms with Gasteiger partial charge in [-0.05, 0) is 23.0 Å². The molecule has 0 saturated carbocycles. The van der Waals surface area contributed by atoms with Crippen molar-refractivity contribution < 1.29 is 38.9 Å². The fourth-order valence-corrected chi connectivity index (χ4v) is 5.87. The topological polar surface area (TPSA) is 233 Å². The Morgan fingerprint density at radius 1 is 0.593 bits per heavy atom. The first kappa shape index (κ1) is 41.0. The molecule has 8 N–H and O–H groups in total. The van der Waals surface area contributed by atoms with Crippen LogP contribution in [-0.4, -0.2) is 93.7 Å². The smallest absolute Gasteiger partial charge is 0.405 e. The van der Waals surface area contributed by atoms with Crippen molar-refractivity contribution in [2.45, 2.75) is 64.7 Å². The standard InChI is InChI=1S/C38H50N8O8/c1-21(2)31(45-35(47)27(15-17-53-5)43-37(49)50)33-39-19-29(41-33)25-11-7-23(8-12-25)24-9-13-26(14-10-24)30-20-40-34(42-30)32(22(3)4)46-36(48)28(16-18-54-6)44-38(51)52/h7-14,19-22,27-28,31-32,43-44H,15-18H2,1-6H3,(H,39,41)(H,40,42)(H,45,47)(H,46,48)(H,49,50)(H,51,52)/t27-,28-,31+,32+/m0/s1. The van der Waals surface area contributed by atoms with Crippen molar-refractivity contribution >= 4 is 24.0 Å². The number of aromatic nitrogens is 4. The lowest BCUT2D eigenvalue weighted by Gasteiger charge is -2.24. The van der Waals surface area contributed by atoms with Crippen LogP contribution >= 0.6 is 0 Å². The zero-order valence-corrected chi connectivity index (χ0v) is 31.3. The van der Waals surface area contributed by atoms with E-state index in [1.54, 1.807) is 12.4 Å². The molecule has 0 unspecified atom stereocenters. The molecular weight excluding hydrogens is 696 g/mol. The number of hydrogen-bond donors (Lipinski definition) is 8. The van der Waals surface area contributed by atoms with Crippen LogP contribution in [-0.2, 0) is 19.1 Å². The molecule has 0 fully saturated rings. The molecular formula is C38H50N8O8. The van der Waals surface area contributed by atoms with Crippen LogP contribution < -0.4 is 21.3 Å². The normalized spacial score (nSPS) is 13.6. The molecule has 16 nitrogen and oxygen atoms in total. The summed E-state index contributed by atoms with van der Waals surface area (Å²) in [5, 5.41) is 28.8. The molecule has 0 aliphatic heterocycles. The fourth-order valence-electron chi connectivity index (χ4n) is 5.87. The first-order valence-electron chi connectivity index (χ1n) is 17.7. The molecule has 54 heavy (non-hydrogen) atoms. The van der Waals surface area contributed by atoms with Gasteiger partial charge in [0.05, 0.1) is 23.5 Å². The summed E-state index contributed by atoms with van der Waals surface area (Å²) >= 11 is 0. The van der Waals surface area contributed by atoms with Gasteiger partial charge in [0.25, 0.3) is 0 Å². The maximum Gasteiger partial charge on any atom is 0.405 e. The van der Waals surface area contributed by atoms with E-state index in [0.717, 1.165) is 22.3 Å². The summed E-state index contributed by atoms with van der Waals surface area (Å²) in [6.45, 7) is 8.22. The number of hydrogen-bond acceptors (Lipinski definition) is 8. The van der Waals surface area contributed by atoms with Gasteiger partial charge >= 0.3 is 12.2 Å². The summed E-state index contributed by atoms with van der Waals surface area (Å²) < 4.78 is 10.1. The van der Waals surface area contributed by atoms with Crippen LogP contribution in [0.25, 0.3) is 33.6 Å². The zero-order valence-electron chi connectivity index (χ0n) is 31.3. The van der Waals surface area contributed by atoms with Crippen LogP contribution in [0.3, 0.4) is 0 Å². The van der Waals surface area contributed by atoms with E-state index < -0.39 is 48.2 Å². The molecule has 0 aliphatic rings. The van der Waals surface area contributed by atoms with Crippen molar-refractivity contribution in [3.8, 4) is 33.6 Å². The van der Waals surface area contributed by atoms with E-state index in [1.165, 1.54) is 14.2 Å². The van der Waals surface area contributed by atoms with E-state index in [0.29, 0.717) is 23.0 Å². The van der Waals surface area contributed by atoms with Gasteiger partial charge in [-0.1, -0.05) is 76.2 Å². The third kappa shape index (κ3) is 11.1. The third-order valence-corrected chi connectivity index (χ3v) is 8.86. The Hall–Kier alpha value is -5.74. The van der Waals surface area contributed by atoms with Gasteiger partial charge in [-0.3, -0.25) is 9.59 Å². The average molecular weight is 747 g/mol. The molecule has 0 spiro atoms. The highest BCUT2D eigenvalue weighted by molar-refractivity contribution is 5.86. The molecule has 4 aromatic rings. The maximum atomic E-state index is 13.0. The third-order valence-electron chi connectivity index (χ3n) is 8.86. The number of imidazole rings is 2. The molecule has 2 heterocycles. The van der Waals surface area contributed by atoms with Crippen molar-refractivity contribution in [2.24, 2.45) is 11.8 Å². The minimum Gasteiger partial charge on any atom is -0.465 e. The van der Waals surface area contributed by atoms with Crippen LogP contribution in [0.15, 0.2) is 60.9 Å². The molecule has 0 saturated heterocycles. The second-order valence-electron chi connectivity index (χ2n) is 13.5. The Morgan fingerprint density at radius 2 is 0.926 bits per heavy atom. The molecule has 290 valence electrons. The number of rotatable bonds is 19. The highest BCUT2D eigenvalue weighted by Gasteiger charge is 2.29. The van der Waals surface area contributed by atoms with Gasteiger partial charge in [-0.2, -0.15) is 0 Å². The van der Waals surface area contributed by atoms with Crippen LogP contribution in [0.4, 0.5) is 9.59 Å². The molecule has 16 heteroatoms. The van der Waals surface area contributed by atoms with Gasteiger partial charge in [-0.15, -0.1) is 0 Å². The van der Waals surface area contributed by atoms with Gasteiger partial charge in [0.1, 0.15) is 23.7 Å². The number of amides is 4. The lowest BCUT2D eigenvalue weighted by Crippen LogP contribution is -2.48. The molecule has 4 amide bonds. The monoisotopic (exact) mass is 746 g/mol. The summed E-state index contributed by atoms with van der Waals surface area (Å²) in [6.07, 6.45) is 1.35. The fraction of sp³-hybridized carbons (Fsp3) is 0.421. The molecule has 0 radical (unpaired) electrons. The first-order chi connectivity index (χ1) is 25.8. The van der Waals surface area contributed by atoms with E-state index in [4.69, 9.17) is 19.4 Å². The number of carbonyl (C=O) groups is 4. The molecule has 2 aromatic carbocycles. The van der Waals surface area contributed by atoms with Crippen molar-refractivity contribution in [2.75, 3.05) is 27.4 Å². The lowest BCUT2D eigenvalue weighted by atomic mass is 10.0. The van der Waals surface area contributed by atoms with Crippen LogP contribution in [0, 0.1) is 11.8 Å². The number of nitrogens with one attached hydrogen (secondary N) is 6. The SMILES string of the molecule is COCC[C@H](NC(=O)O)C(=O)N[C@@H](c1nc(-c2ccc(-c3ccc(-c4c[nH]c([C@H](NC(=O)[C@H](CCOC)NC(=O)O)C(C)C)n4)cc3)cc2)c[nH]1)C(C)C. The Bertz CT molecular complexity index is 1700. The Kier molecular flexibility index (Phi) is 14.7. The van der Waals surface area contributed by atoms with Gasteiger partial charge in [0.2, 0.25) is 11.8 Å². The second kappa shape index (κ2) is 19.4. The number of carbonyl (C=O) groups excluding carboxylic acids is 2. The number of ether oxygens (including phenoxy) is 2. The predicted molar refractivity (Wildman–Crippen MR) is 201 cm³/mol. The highest BCUT2D eigenvalue weighted by Crippen LogP contribution is 2.29.